The summed E-state index contributed by atoms with van der Waals surface area (Å²) in [6.07, 6.45) is 0.693. The summed E-state index contributed by atoms with van der Waals surface area (Å²) in [6.45, 7) is 3.96. The summed E-state index contributed by atoms with van der Waals surface area (Å²) >= 11 is 0. The number of amides is 1. The summed E-state index contributed by atoms with van der Waals surface area (Å²) in [4.78, 5) is 11.5. The molecule has 0 saturated carbocycles. The largest absolute Gasteiger partial charge is 0.488 e. The standard InChI is InChI=1S/C19H22FNO4/c1-4-13-9-10-18(14(5-2)11-13)25-12-15-16(20)7-6-8-17(15)21(23)19(22)24-3/h6-11,23H,4-5,12H2,1-3H3. The fraction of sp³-hybridized carbons (Fsp3) is 0.316. The number of benzene rings is 2. The Kier molecular flexibility index (Phi) is 6.36. The van der Waals surface area contributed by atoms with E-state index in [0.717, 1.165) is 25.5 Å². The number of ether oxygens (including phenoxy) is 2. The molecule has 0 aromatic heterocycles. The Labute approximate surface area is 146 Å². The zero-order valence-corrected chi connectivity index (χ0v) is 14.6. The first-order valence-corrected chi connectivity index (χ1v) is 8.10. The molecule has 0 spiro atoms. The minimum atomic E-state index is -1.01. The smallest absolute Gasteiger partial charge is 0.438 e. The molecule has 0 unspecified atom stereocenters. The van der Waals surface area contributed by atoms with Gasteiger partial charge in [0.15, 0.2) is 0 Å². The Morgan fingerprint density at radius 1 is 1.20 bits per heavy atom. The minimum absolute atomic E-state index is 0.0184. The van der Waals surface area contributed by atoms with Gasteiger partial charge in [-0.05, 0) is 42.2 Å². The first kappa shape index (κ1) is 18.7. The van der Waals surface area contributed by atoms with Gasteiger partial charge in [0.2, 0.25) is 0 Å². The third-order valence-corrected chi connectivity index (χ3v) is 3.96. The van der Waals surface area contributed by atoms with Crippen LogP contribution in [0.15, 0.2) is 36.4 Å². The summed E-state index contributed by atoms with van der Waals surface area (Å²) in [5, 5.41) is 10.2. The highest BCUT2D eigenvalue weighted by Gasteiger charge is 2.20. The van der Waals surface area contributed by atoms with Crippen molar-refractivity contribution in [1.82, 2.24) is 0 Å². The fourth-order valence-electron chi connectivity index (χ4n) is 2.49. The number of aryl methyl sites for hydroxylation is 2. The third-order valence-electron chi connectivity index (χ3n) is 3.96. The first-order chi connectivity index (χ1) is 12.0. The summed E-state index contributed by atoms with van der Waals surface area (Å²) in [7, 11) is 1.13. The maximum Gasteiger partial charge on any atom is 0.438 e. The average Bonchev–Trinajstić information content (AvgIpc) is 2.65. The molecule has 0 bridgehead atoms. The molecule has 0 aliphatic carbocycles. The molecule has 0 aliphatic heterocycles. The van der Waals surface area contributed by atoms with E-state index >= 15 is 0 Å². The van der Waals surface area contributed by atoms with Crippen molar-refractivity contribution in [1.29, 1.82) is 0 Å². The number of methoxy groups -OCH3 is 1. The van der Waals surface area contributed by atoms with Crippen LogP contribution in [0.5, 0.6) is 5.75 Å². The van der Waals surface area contributed by atoms with Gasteiger partial charge in [-0.1, -0.05) is 32.0 Å². The normalized spacial score (nSPS) is 10.4. The van der Waals surface area contributed by atoms with Gasteiger partial charge in [0, 0.05) is 0 Å². The van der Waals surface area contributed by atoms with Gasteiger partial charge in [-0.25, -0.2) is 9.18 Å². The summed E-state index contributed by atoms with van der Waals surface area (Å²) in [5.74, 6) is 0.0696. The molecule has 0 atom stereocenters. The molecule has 2 aromatic rings. The zero-order chi connectivity index (χ0) is 18.4. The molecule has 0 radical (unpaired) electrons. The Hall–Kier alpha value is -2.60. The van der Waals surface area contributed by atoms with Crippen LogP contribution in [0.25, 0.3) is 0 Å². The SMILES string of the molecule is CCc1ccc(OCc2c(F)cccc2N(O)C(=O)OC)c(CC)c1. The minimum Gasteiger partial charge on any atom is -0.488 e. The van der Waals surface area contributed by atoms with Crippen LogP contribution in [0, 0.1) is 5.82 Å². The number of anilines is 1. The second-order valence-electron chi connectivity index (χ2n) is 5.46. The van der Waals surface area contributed by atoms with Gasteiger partial charge >= 0.3 is 6.09 Å². The quantitative estimate of drug-likeness (QED) is 0.618. The lowest BCUT2D eigenvalue weighted by molar-refractivity contribution is 0.140. The Morgan fingerprint density at radius 3 is 2.60 bits per heavy atom. The highest BCUT2D eigenvalue weighted by atomic mass is 19.1. The Balaban J connectivity index is 2.28. The predicted molar refractivity (Wildman–Crippen MR) is 92.6 cm³/mol. The Bertz CT molecular complexity index is 748. The van der Waals surface area contributed by atoms with E-state index in [1.54, 1.807) is 0 Å². The predicted octanol–water partition coefficient (Wildman–Crippen LogP) is 4.49. The molecule has 2 rings (SSSR count). The van der Waals surface area contributed by atoms with Gasteiger partial charge in [0.05, 0.1) is 18.4 Å². The van der Waals surface area contributed by atoms with E-state index in [1.165, 1.54) is 23.8 Å². The van der Waals surface area contributed by atoms with Gasteiger partial charge in [0.1, 0.15) is 18.2 Å². The van der Waals surface area contributed by atoms with Crippen LogP contribution in [0.3, 0.4) is 0 Å². The molecule has 1 amide bonds. The average molecular weight is 347 g/mol. The summed E-state index contributed by atoms with van der Waals surface area (Å²) in [6, 6.07) is 9.94. The number of carbonyl (C=O) groups excluding carboxylic acids is 1. The number of halogens is 1. The third kappa shape index (κ3) is 4.28. The van der Waals surface area contributed by atoms with Crippen LogP contribution >= 0.6 is 0 Å². The van der Waals surface area contributed by atoms with Gasteiger partial charge in [-0.3, -0.25) is 5.21 Å². The van der Waals surface area contributed by atoms with Crippen molar-refractivity contribution in [2.45, 2.75) is 33.3 Å². The van der Waals surface area contributed by atoms with E-state index in [4.69, 9.17) is 4.74 Å². The molecule has 0 fully saturated rings. The van der Waals surface area contributed by atoms with Crippen molar-refractivity contribution < 1.29 is 23.9 Å². The van der Waals surface area contributed by atoms with Crippen LogP contribution in [-0.4, -0.2) is 18.4 Å². The fourth-order valence-corrected chi connectivity index (χ4v) is 2.49. The number of hydroxylamine groups is 1. The molecule has 5 nitrogen and oxygen atoms in total. The lowest BCUT2D eigenvalue weighted by Crippen LogP contribution is -2.28. The summed E-state index contributed by atoms with van der Waals surface area (Å²) < 4.78 is 24.4. The number of hydrogen-bond acceptors (Lipinski definition) is 4. The lowest BCUT2D eigenvalue weighted by atomic mass is 10.1. The molecular formula is C19H22FNO4. The van der Waals surface area contributed by atoms with Gasteiger partial charge < -0.3 is 9.47 Å². The molecule has 25 heavy (non-hydrogen) atoms. The molecule has 6 heteroatoms. The van der Waals surface area contributed by atoms with Crippen molar-refractivity contribution in [3.63, 3.8) is 0 Å². The van der Waals surface area contributed by atoms with Crippen LogP contribution in [0.4, 0.5) is 14.9 Å². The van der Waals surface area contributed by atoms with Crippen LogP contribution in [-0.2, 0) is 24.2 Å². The molecule has 2 aromatic carbocycles. The lowest BCUT2D eigenvalue weighted by Gasteiger charge is -2.19. The maximum absolute atomic E-state index is 14.2. The maximum atomic E-state index is 14.2. The van der Waals surface area contributed by atoms with Crippen molar-refractivity contribution >= 4 is 11.8 Å². The molecule has 0 heterocycles. The van der Waals surface area contributed by atoms with E-state index < -0.39 is 11.9 Å². The molecule has 0 aliphatic rings. The number of hydrogen-bond donors (Lipinski definition) is 1. The second-order valence-corrected chi connectivity index (χ2v) is 5.46. The first-order valence-electron chi connectivity index (χ1n) is 8.10. The zero-order valence-electron chi connectivity index (χ0n) is 14.6. The highest BCUT2D eigenvalue weighted by molar-refractivity contribution is 5.85. The monoisotopic (exact) mass is 347 g/mol. The van der Waals surface area contributed by atoms with Gasteiger partial charge in [-0.15, -0.1) is 0 Å². The number of carbonyl (C=O) groups is 1. The summed E-state index contributed by atoms with van der Waals surface area (Å²) in [5.41, 5.74) is 2.26. The van der Waals surface area contributed by atoms with E-state index in [-0.39, 0.29) is 22.9 Å². The van der Waals surface area contributed by atoms with E-state index in [2.05, 4.69) is 17.7 Å². The Morgan fingerprint density at radius 2 is 1.96 bits per heavy atom. The van der Waals surface area contributed by atoms with Crippen molar-refractivity contribution in [2.24, 2.45) is 0 Å². The molecule has 0 saturated heterocycles. The molecule has 134 valence electrons. The van der Waals surface area contributed by atoms with E-state index in [0.29, 0.717) is 5.75 Å². The van der Waals surface area contributed by atoms with Crippen LogP contribution in [0.2, 0.25) is 0 Å². The van der Waals surface area contributed by atoms with Gasteiger partial charge in [-0.2, -0.15) is 5.06 Å². The molecular weight excluding hydrogens is 325 g/mol. The highest BCUT2D eigenvalue weighted by Crippen LogP contribution is 2.27. The topological polar surface area (TPSA) is 59.0 Å². The molecule has 1 N–H and O–H groups in total. The van der Waals surface area contributed by atoms with Crippen LogP contribution < -0.4 is 9.80 Å². The number of nitrogens with zero attached hydrogens (tertiary/aromatic N) is 1. The van der Waals surface area contributed by atoms with Crippen molar-refractivity contribution in [3.8, 4) is 5.75 Å². The second kappa shape index (κ2) is 8.48. The number of rotatable bonds is 6. The van der Waals surface area contributed by atoms with E-state index in [1.807, 2.05) is 19.1 Å². The van der Waals surface area contributed by atoms with E-state index in [9.17, 15) is 14.4 Å². The van der Waals surface area contributed by atoms with Crippen molar-refractivity contribution in [2.75, 3.05) is 12.2 Å². The van der Waals surface area contributed by atoms with Crippen LogP contribution in [0.1, 0.15) is 30.5 Å². The van der Waals surface area contributed by atoms with Crippen molar-refractivity contribution in [3.05, 3.63) is 58.9 Å². The van der Waals surface area contributed by atoms with Gasteiger partial charge in [0.25, 0.3) is 0 Å².